The highest BCUT2D eigenvalue weighted by molar-refractivity contribution is 7.92. The van der Waals surface area contributed by atoms with E-state index in [9.17, 15) is 13.2 Å². The van der Waals surface area contributed by atoms with Gasteiger partial charge in [0.25, 0.3) is 15.9 Å². The lowest BCUT2D eigenvalue weighted by Crippen LogP contribution is -2.39. The monoisotopic (exact) mass is 523 g/mol. The Labute approximate surface area is 217 Å². The summed E-state index contributed by atoms with van der Waals surface area (Å²) in [6, 6.07) is 18.1. The number of nitrogens with zero attached hydrogens (tertiary/aromatic N) is 2. The first kappa shape index (κ1) is 27.3. The fourth-order valence-corrected chi connectivity index (χ4v) is 4.74. The van der Waals surface area contributed by atoms with Crippen LogP contribution in [0.4, 0.5) is 5.69 Å². The van der Waals surface area contributed by atoms with E-state index in [2.05, 4.69) is 17.1 Å². The number of rotatable bonds is 12. The summed E-state index contributed by atoms with van der Waals surface area (Å²) in [7, 11) is -1.28. The molecule has 10 heteroatoms. The minimum Gasteiger partial charge on any atom is -0.497 e. The number of aryl methyl sites for hydroxylation is 1. The van der Waals surface area contributed by atoms with Gasteiger partial charge in [-0.25, -0.2) is 13.8 Å². The zero-order chi connectivity index (χ0) is 26.8. The van der Waals surface area contributed by atoms with Crippen molar-refractivity contribution in [3.63, 3.8) is 0 Å². The van der Waals surface area contributed by atoms with Crippen molar-refractivity contribution >= 4 is 27.8 Å². The lowest BCUT2D eigenvalue weighted by Gasteiger charge is -2.25. The number of carbonyl (C=O) groups excluding carboxylic acids is 1. The molecule has 9 nitrogen and oxygen atoms in total. The minimum absolute atomic E-state index is 0.0237. The van der Waals surface area contributed by atoms with Gasteiger partial charge in [-0.05, 0) is 48.9 Å². The van der Waals surface area contributed by atoms with Crippen LogP contribution in [0, 0.1) is 6.92 Å². The Morgan fingerprint density at radius 3 is 2.46 bits per heavy atom. The van der Waals surface area contributed by atoms with Crippen molar-refractivity contribution in [2.75, 3.05) is 31.7 Å². The van der Waals surface area contributed by atoms with E-state index < -0.39 is 22.5 Å². The highest BCUT2D eigenvalue weighted by Gasteiger charge is 2.30. The zero-order valence-electron chi connectivity index (χ0n) is 20.9. The molecule has 37 heavy (non-hydrogen) atoms. The van der Waals surface area contributed by atoms with Gasteiger partial charge in [0.2, 0.25) is 0 Å². The summed E-state index contributed by atoms with van der Waals surface area (Å²) in [6.45, 7) is 5.27. The number of hydrogen-bond donors (Lipinski definition) is 1. The van der Waals surface area contributed by atoms with E-state index in [0.29, 0.717) is 23.7 Å². The molecule has 0 aliphatic rings. The van der Waals surface area contributed by atoms with Crippen LogP contribution < -0.4 is 23.9 Å². The third-order valence-electron chi connectivity index (χ3n) is 5.18. The summed E-state index contributed by atoms with van der Waals surface area (Å²) in [5.74, 6) is 0.618. The highest BCUT2D eigenvalue weighted by Crippen LogP contribution is 2.35. The molecule has 0 aliphatic heterocycles. The van der Waals surface area contributed by atoms with Crippen LogP contribution in [0.25, 0.3) is 0 Å². The van der Waals surface area contributed by atoms with Gasteiger partial charge in [-0.15, -0.1) is 0 Å². The third-order valence-corrected chi connectivity index (χ3v) is 6.95. The number of sulfonamides is 1. The van der Waals surface area contributed by atoms with Crippen LogP contribution in [-0.4, -0.2) is 47.9 Å². The molecule has 0 saturated heterocycles. The molecular formula is C27H29N3O6S. The Hall–Kier alpha value is -4.31. The maximum absolute atomic E-state index is 13.7. The number of hydrazone groups is 1. The molecule has 0 unspecified atom stereocenters. The molecule has 3 aromatic carbocycles. The molecule has 3 aromatic rings. The fourth-order valence-electron chi connectivity index (χ4n) is 3.31. The van der Waals surface area contributed by atoms with Crippen LogP contribution in [0.5, 0.6) is 17.2 Å². The summed E-state index contributed by atoms with van der Waals surface area (Å²) >= 11 is 0. The smallest absolute Gasteiger partial charge is 0.264 e. The van der Waals surface area contributed by atoms with E-state index in [0.717, 1.165) is 9.87 Å². The Morgan fingerprint density at radius 2 is 1.78 bits per heavy atom. The predicted octanol–water partition coefficient (Wildman–Crippen LogP) is 3.92. The van der Waals surface area contributed by atoms with E-state index in [-0.39, 0.29) is 16.3 Å². The first-order valence-corrected chi connectivity index (χ1v) is 12.7. The Kier molecular flexibility index (Phi) is 9.28. The van der Waals surface area contributed by atoms with Crippen LogP contribution >= 0.6 is 0 Å². The van der Waals surface area contributed by atoms with E-state index in [1.54, 1.807) is 54.6 Å². The quantitative estimate of drug-likeness (QED) is 0.219. The number of carbonyl (C=O) groups is 1. The molecule has 0 spiro atoms. The molecule has 194 valence electrons. The molecule has 0 saturated carbocycles. The van der Waals surface area contributed by atoms with Crippen molar-refractivity contribution in [2.24, 2.45) is 5.10 Å². The summed E-state index contributed by atoms with van der Waals surface area (Å²) in [4.78, 5) is 12.9. The summed E-state index contributed by atoms with van der Waals surface area (Å²) in [5.41, 5.74) is 4.11. The zero-order valence-corrected chi connectivity index (χ0v) is 21.7. The number of methoxy groups -OCH3 is 2. The molecule has 0 fully saturated rings. The molecular weight excluding hydrogens is 494 g/mol. The second-order valence-electron chi connectivity index (χ2n) is 7.83. The number of nitrogens with one attached hydrogen (secondary N) is 1. The van der Waals surface area contributed by atoms with Gasteiger partial charge in [-0.1, -0.05) is 42.5 Å². The van der Waals surface area contributed by atoms with Gasteiger partial charge < -0.3 is 14.2 Å². The third kappa shape index (κ3) is 7.11. The van der Waals surface area contributed by atoms with Gasteiger partial charge in [-0.3, -0.25) is 9.10 Å². The van der Waals surface area contributed by atoms with Gasteiger partial charge in [0, 0.05) is 6.07 Å². The first-order valence-electron chi connectivity index (χ1n) is 11.3. The first-order chi connectivity index (χ1) is 17.8. The van der Waals surface area contributed by atoms with Gasteiger partial charge >= 0.3 is 0 Å². The molecule has 0 aromatic heterocycles. The maximum Gasteiger partial charge on any atom is 0.264 e. The maximum atomic E-state index is 13.7. The van der Waals surface area contributed by atoms with Crippen molar-refractivity contribution in [2.45, 2.75) is 11.8 Å². The van der Waals surface area contributed by atoms with Crippen molar-refractivity contribution in [3.05, 3.63) is 90.5 Å². The summed E-state index contributed by atoms with van der Waals surface area (Å²) in [6.07, 6.45) is 3.07. The summed E-state index contributed by atoms with van der Waals surface area (Å²) < 4.78 is 44.4. The Morgan fingerprint density at radius 1 is 1.03 bits per heavy atom. The van der Waals surface area contributed by atoms with Gasteiger partial charge in [0.05, 0.1) is 31.0 Å². The molecule has 1 amide bonds. The molecule has 0 radical (unpaired) electrons. The van der Waals surface area contributed by atoms with Crippen LogP contribution in [0.15, 0.2) is 89.4 Å². The van der Waals surface area contributed by atoms with Crippen molar-refractivity contribution in [3.8, 4) is 17.2 Å². The second kappa shape index (κ2) is 12.6. The molecule has 0 bridgehead atoms. The van der Waals surface area contributed by atoms with E-state index in [1.807, 2.05) is 6.92 Å². The number of amides is 1. The van der Waals surface area contributed by atoms with Crippen molar-refractivity contribution in [1.82, 2.24) is 5.43 Å². The van der Waals surface area contributed by atoms with Crippen LogP contribution in [0.2, 0.25) is 0 Å². The topological polar surface area (TPSA) is 107 Å². The van der Waals surface area contributed by atoms with E-state index in [4.69, 9.17) is 14.2 Å². The van der Waals surface area contributed by atoms with E-state index in [1.165, 1.54) is 38.6 Å². The van der Waals surface area contributed by atoms with Crippen LogP contribution in [0.1, 0.15) is 11.1 Å². The van der Waals surface area contributed by atoms with Gasteiger partial charge in [0.1, 0.15) is 30.4 Å². The minimum atomic E-state index is -4.15. The van der Waals surface area contributed by atoms with Gasteiger partial charge in [-0.2, -0.15) is 5.10 Å². The van der Waals surface area contributed by atoms with Gasteiger partial charge in [0.15, 0.2) is 0 Å². The number of anilines is 1. The highest BCUT2D eigenvalue weighted by atomic mass is 32.2. The van der Waals surface area contributed by atoms with Crippen molar-refractivity contribution < 1.29 is 27.4 Å². The lowest BCUT2D eigenvalue weighted by atomic mass is 10.2. The second-order valence-corrected chi connectivity index (χ2v) is 9.69. The van der Waals surface area contributed by atoms with Crippen molar-refractivity contribution in [1.29, 1.82) is 0 Å². The average molecular weight is 524 g/mol. The lowest BCUT2D eigenvalue weighted by molar-refractivity contribution is -0.119. The average Bonchev–Trinajstić information content (AvgIpc) is 2.90. The Balaban J connectivity index is 1.89. The predicted molar refractivity (Wildman–Crippen MR) is 143 cm³/mol. The molecule has 0 heterocycles. The van der Waals surface area contributed by atoms with Crippen LogP contribution in [-0.2, 0) is 14.8 Å². The number of benzene rings is 3. The van der Waals surface area contributed by atoms with E-state index >= 15 is 0 Å². The fraction of sp³-hybridized carbons (Fsp3) is 0.185. The normalized spacial score (nSPS) is 11.1. The largest absolute Gasteiger partial charge is 0.497 e. The Bertz CT molecular complexity index is 1370. The van der Waals surface area contributed by atoms with Crippen LogP contribution in [0.3, 0.4) is 0 Å². The molecule has 0 atom stereocenters. The summed E-state index contributed by atoms with van der Waals surface area (Å²) in [5, 5.41) is 3.97. The standard InChI is InChI=1S/C27H29N3O6S/c1-5-15-36-23-8-6-7-21(16-23)18-28-29-27(31)19-30(25-17-22(34-3)11-14-26(25)35-4)37(32,33)24-12-9-20(2)10-13-24/h5-14,16-18H,1,15,19H2,2-4H3,(H,29,31)/b28-18-. The molecule has 3 rings (SSSR count). The number of hydrogen-bond acceptors (Lipinski definition) is 7. The molecule has 1 N–H and O–H groups in total. The SMILES string of the molecule is C=CCOc1cccc(/C=N\NC(=O)CN(c2cc(OC)ccc2OC)S(=O)(=O)c2ccc(C)cc2)c1. The molecule has 0 aliphatic carbocycles. The number of ether oxygens (including phenoxy) is 3.